The number of piperazine rings is 1. The third-order valence-corrected chi connectivity index (χ3v) is 6.39. The monoisotopic (exact) mass is 321 g/mol. The minimum Gasteiger partial charge on any atom is -0.335 e. The Kier molecular flexibility index (Phi) is 4.83. The van der Waals surface area contributed by atoms with E-state index in [0.717, 1.165) is 32.6 Å². The lowest BCUT2D eigenvalue weighted by Gasteiger charge is -2.52. The zero-order chi connectivity index (χ0) is 15.6. The molecule has 1 saturated heterocycles. The van der Waals surface area contributed by atoms with Gasteiger partial charge in [0.1, 0.15) is 0 Å². The maximum Gasteiger partial charge on any atom is 0.219 e. The Hall–Kier alpha value is -0.940. The van der Waals surface area contributed by atoms with Gasteiger partial charge in [-0.3, -0.25) is 9.69 Å². The summed E-state index contributed by atoms with van der Waals surface area (Å²) in [4.78, 5) is 22.6. The van der Waals surface area contributed by atoms with Gasteiger partial charge in [-0.1, -0.05) is 19.3 Å². The van der Waals surface area contributed by atoms with Crippen LogP contribution in [0.2, 0.25) is 0 Å². The fraction of sp³-hybridized carbons (Fsp3) is 0.765. The first-order chi connectivity index (χ1) is 10.6. The molecule has 2 fully saturated rings. The van der Waals surface area contributed by atoms with Gasteiger partial charge in [0.25, 0.3) is 0 Å². The second kappa shape index (κ2) is 6.67. The smallest absolute Gasteiger partial charge is 0.219 e. The zero-order valence-electron chi connectivity index (χ0n) is 13.8. The molecule has 1 aromatic heterocycles. The number of carbonyl (C=O) groups is 1. The van der Waals surface area contributed by atoms with Gasteiger partial charge < -0.3 is 4.90 Å². The summed E-state index contributed by atoms with van der Waals surface area (Å²) < 4.78 is 0. The van der Waals surface area contributed by atoms with Crippen LogP contribution in [0, 0.1) is 6.92 Å². The maximum absolute atomic E-state index is 12.1. The Balaban J connectivity index is 1.65. The molecule has 1 aliphatic carbocycles. The Morgan fingerprint density at radius 2 is 2.09 bits per heavy atom. The second-order valence-corrected chi connectivity index (χ2v) is 7.78. The van der Waals surface area contributed by atoms with Crippen LogP contribution in [0.25, 0.3) is 0 Å². The molecule has 5 heteroatoms. The van der Waals surface area contributed by atoms with Crippen molar-refractivity contribution >= 4 is 17.2 Å². The average Bonchev–Trinajstić information content (AvgIpc) is 2.91. The van der Waals surface area contributed by atoms with Crippen molar-refractivity contribution in [3.05, 3.63) is 16.1 Å². The number of aryl methyl sites for hydroxylation is 1. The summed E-state index contributed by atoms with van der Waals surface area (Å²) in [7, 11) is 0. The van der Waals surface area contributed by atoms with Crippen molar-refractivity contribution in [2.75, 3.05) is 26.2 Å². The molecule has 1 aromatic rings. The van der Waals surface area contributed by atoms with Gasteiger partial charge in [-0.05, 0) is 26.2 Å². The van der Waals surface area contributed by atoms with Crippen LogP contribution in [0.15, 0.2) is 5.51 Å². The Bertz CT molecular complexity index is 522. The predicted molar refractivity (Wildman–Crippen MR) is 90.2 cm³/mol. The maximum atomic E-state index is 12.1. The molecule has 0 N–H and O–H groups in total. The van der Waals surface area contributed by atoms with Crippen LogP contribution >= 0.6 is 11.3 Å². The number of rotatable bonds is 3. The Morgan fingerprint density at radius 1 is 1.32 bits per heavy atom. The minimum atomic E-state index is 0.116. The van der Waals surface area contributed by atoms with E-state index >= 15 is 0 Å². The fourth-order valence-corrected chi connectivity index (χ4v) is 4.98. The minimum absolute atomic E-state index is 0.116. The normalized spacial score (nSPS) is 22.2. The lowest BCUT2D eigenvalue weighted by Crippen LogP contribution is -2.64. The van der Waals surface area contributed by atoms with Gasteiger partial charge in [0.2, 0.25) is 5.91 Å². The van der Waals surface area contributed by atoms with Crippen molar-refractivity contribution in [1.29, 1.82) is 0 Å². The number of carbonyl (C=O) groups excluding carboxylic acids is 1. The molecule has 1 aliphatic heterocycles. The van der Waals surface area contributed by atoms with Crippen LogP contribution in [-0.2, 0) is 11.2 Å². The van der Waals surface area contributed by atoms with Crippen molar-refractivity contribution in [3.8, 4) is 0 Å². The van der Waals surface area contributed by atoms with Crippen LogP contribution in [0.1, 0.15) is 49.6 Å². The molecule has 122 valence electrons. The van der Waals surface area contributed by atoms with Gasteiger partial charge in [-0.25, -0.2) is 4.98 Å². The van der Waals surface area contributed by atoms with Crippen LogP contribution in [0.5, 0.6) is 0 Å². The quantitative estimate of drug-likeness (QED) is 0.859. The first-order valence-corrected chi connectivity index (χ1v) is 9.38. The van der Waals surface area contributed by atoms with Crippen LogP contribution in [0.4, 0.5) is 0 Å². The number of amides is 1. The SMILES string of the molecule is CC(=O)N1CCN(CCc2scnc2C)CC12CCCCC2. The number of hydrogen-bond donors (Lipinski definition) is 0. The van der Waals surface area contributed by atoms with Crippen molar-refractivity contribution in [3.63, 3.8) is 0 Å². The summed E-state index contributed by atoms with van der Waals surface area (Å²) in [6.07, 6.45) is 7.32. The highest BCUT2D eigenvalue weighted by atomic mass is 32.1. The largest absolute Gasteiger partial charge is 0.335 e. The number of aromatic nitrogens is 1. The van der Waals surface area contributed by atoms with Gasteiger partial charge in [0.05, 0.1) is 16.7 Å². The van der Waals surface area contributed by atoms with Crippen molar-refractivity contribution in [2.45, 2.75) is 57.9 Å². The highest BCUT2D eigenvalue weighted by Crippen LogP contribution is 2.36. The molecule has 1 amide bonds. The molecule has 2 heterocycles. The van der Waals surface area contributed by atoms with Gasteiger partial charge in [-0.2, -0.15) is 0 Å². The summed E-state index contributed by atoms with van der Waals surface area (Å²) in [6.45, 7) is 7.91. The van der Waals surface area contributed by atoms with E-state index in [4.69, 9.17) is 0 Å². The fourth-order valence-electron chi connectivity index (χ4n) is 4.21. The first kappa shape index (κ1) is 15.9. The number of hydrogen-bond acceptors (Lipinski definition) is 4. The molecule has 3 rings (SSSR count). The lowest BCUT2D eigenvalue weighted by molar-refractivity contribution is -0.142. The number of thiazole rings is 1. The van der Waals surface area contributed by atoms with E-state index < -0.39 is 0 Å². The van der Waals surface area contributed by atoms with Gasteiger partial charge >= 0.3 is 0 Å². The van der Waals surface area contributed by atoms with Crippen molar-refractivity contribution in [1.82, 2.24) is 14.8 Å². The summed E-state index contributed by atoms with van der Waals surface area (Å²) in [5, 5.41) is 0. The molecular weight excluding hydrogens is 294 g/mol. The molecule has 1 saturated carbocycles. The third-order valence-electron chi connectivity index (χ3n) is 5.39. The van der Waals surface area contributed by atoms with Gasteiger partial charge in [-0.15, -0.1) is 11.3 Å². The van der Waals surface area contributed by atoms with E-state index in [-0.39, 0.29) is 11.4 Å². The predicted octanol–water partition coefficient (Wildman–Crippen LogP) is 2.86. The molecule has 1 spiro atoms. The standard InChI is InChI=1S/C17H27N3OS/c1-14-16(22-13-18-14)6-9-19-10-11-20(15(2)21)17(12-19)7-4-3-5-8-17/h13H,3-12H2,1-2H3. The van der Waals surface area contributed by atoms with Gasteiger partial charge in [0, 0.05) is 38.0 Å². The molecule has 0 bridgehead atoms. The zero-order valence-corrected chi connectivity index (χ0v) is 14.6. The summed E-state index contributed by atoms with van der Waals surface area (Å²) in [5.74, 6) is 0.264. The molecule has 0 radical (unpaired) electrons. The third kappa shape index (κ3) is 3.20. The average molecular weight is 321 g/mol. The highest BCUT2D eigenvalue weighted by molar-refractivity contribution is 7.09. The highest BCUT2D eigenvalue weighted by Gasteiger charge is 2.43. The van der Waals surface area contributed by atoms with E-state index in [9.17, 15) is 4.79 Å². The van der Waals surface area contributed by atoms with Gasteiger partial charge in [0.15, 0.2) is 0 Å². The summed E-state index contributed by atoms with van der Waals surface area (Å²) in [5.41, 5.74) is 3.24. The molecular formula is C17H27N3OS. The molecule has 0 unspecified atom stereocenters. The van der Waals surface area contributed by atoms with E-state index in [2.05, 4.69) is 21.7 Å². The molecule has 4 nitrogen and oxygen atoms in total. The van der Waals surface area contributed by atoms with Crippen molar-refractivity contribution < 1.29 is 4.79 Å². The summed E-state index contributed by atoms with van der Waals surface area (Å²) >= 11 is 1.77. The van der Waals surface area contributed by atoms with Crippen LogP contribution in [-0.4, -0.2) is 52.4 Å². The topological polar surface area (TPSA) is 36.4 Å². The van der Waals surface area contributed by atoms with Crippen molar-refractivity contribution in [2.24, 2.45) is 0 Å². The first-order valence-electron chi connectivity index (χ1n) is 8.50. The van der Waals surface area contributed by atoms with E-state index in [1.807, 2.05) is 5.51 Å². The Labute approximate surface area is 137 Å². The summed E-state index contributed by atoms with van der Waals surface area (Å²) in [6, 6.07) is 0. The molecule has 22 heavy (non-hydrogen) atoms. The number of nitrogens with zero attached hydrogens (tertiary/aromatic N) is 3. The molecule has 0 aromatic carbocycles. The van der Waals surface area contributed by atoms with E-state index in [0.29, 0.717) is 0 Å². The molecule has 0 atom stereocenters. The molecule has 2 aliphatic rings. The lowest BCUT2D eigenvalue weighted by atomic mass is 9.78. The second-order valence-electron chi connectivity index (χ2n) is 6.84. The van der Waals surface area contributed by atoms with E-state index in [1.165, 1.54) is 42.7 Å². The van der Waals surface area contributed by atoms with Crippen LogP contribution in [0.3, 0.4) is 0 Å². The van der Waals surface area contributed by atoms with Crippen LogP contribution < -0.4 is 0 Å². The van der Waals surface area contributed by atoms with E-state index in [1.54, 1.807) is 18.3 Å². The Morgan fingerprint density at radius 3 is 2.73 bits per heavy atom.